The van der Waals surface area contributed by atoms with Gasteiger partial charge in [-0.25, -0.2) is 9.31 Å². The minimum atomic E-state index is -0.283. The number of hydrogen-bond donors (Lipinski definition) is 1. The standard InChI is InChI=1S/C15H15N5O2/c1-11-14(19-22-18-11)15(21)16-8-7-12-9-17-20(10-12)13-5-3-2-4-6-13/h2-6,9-10H,7-8H2,1H3,(H,16,21). The Balaban J connectivity index is 1.56. The van der Waals surface area contributed by atoms with Crippen molar-refractivity contribution < 1.29 is 9.42 Å². The van der Waals surface area contributed by atoms with Crippen LogP contribution in [0.15, 0.2) is 47.4 Å². The number of benzene rings is 1. The smallest absolute Gasteiger partial charge is 0.275 e. The molecule has 0 saturated carbocycles. The topological polar surface area (TPSA) is 85.8 Å². The van der Waals surface area contributed by atoms with E-state index < -0.39 is 0 Å². The first kappa shape index (κ1) is 14.0. The summed E-state index contributed by atoms with van der Waals surface area (Å²) in [6, 6.07) is 9.86. The van der Waals surface area contributed by atoms with Gasteiger partial charge in [0.2, 0.25) is 0 Å². The molecule has 7 heteroatoms. The summed E-state index contributed by atoms with van der Waals surface area (Å²) in [5, 5.41) is 14.3. The maximum absolute atomic E-state index is 11.8. The summed E-state index contributed by atoms with van der Waals surface area (Å²) >= 11 is 0. The molecule has 1 amide bonds. The lowest BCUT2D eigenvalue weighted by Crippen LogP contribution is -2.26. The molecule has 22 heavy (non-hydrogen) atoms. The number of rotatable bonds is 5. The molecule has 0 atom stereocenters. The van der Waals surface area contributed by atoms with Crippen LogP contribution >= 0.6 is 0 Å². The SMILES string of the molecule is Cc1nonc1C(=O)NCCc1cnn(-c2ccccc2)c1. The quantitative estimate of drug-likeness (QED) is 0.772. The Morgan fingerprint density at radius 2 is 2.09 bits per heavy atom. The van der Waals surface area contributed by atoms with Gasteiger partial charge in [-0.05, 0) is 36.2 Å². The molecule has 0 aliphatic rings. The molecule has 1 aromatic carbocycles. The lowest BCUT2D eigenvalue weighted by Gasteiger charge is -2.01. The van der Waals surface area contributed by atoms with Gasteiger partial charge in [-0.3, -0.25) is 4.79 Å². The van der Waals surface area contributed by atoms with Crippen molar-refractivity contribution in [2.24, 2.45) is 0 Å². The summed E-state index contributed by atoms with van der Waals surface area (Å²) in [5.41, 5.74) is 2.75. The number of para-hydroxylation sites is 1. The van der Waals surface area contributed by atoms with E-state index in [-0.39, 0.29) is 11.6 Å². The second-order valence-corrected chi connectivity index (χ2v) is 4.83. The zero-order valence-corrected chi connectivity index (χ0v) is 12.1. The largest absolute Gasteiger partial charge is 0.350 e. The van der Waals surface area contributed by atoms with Crippen molar-refractivity contribution in [2.45, 2.75) is 13.3 Å². The first-order valence-corrected chi connectivity index (χ1v) is 6.90. The Kier molecular flexibility index (Phi) is 3.95. The molecule has 1 N–H and O–H groups in total. The van der Waals surface area contributed by atoms with Crippen LogP contribution in [-0.4, -0.2) is 32.5 Å². The number of nitrogens with one attached hydrogen (secondary N) is 1. The van der Waals surface area contributed by atoms with E-state index in [1.165, 1.54) is 0 Å². The summed E-state index contributed by atoms with van der Waals surface area (Å²) in [5.74, 6) is -0.283. The number of carbonyl (C=O) groups excluding carboxylic acids is 1. The van der Waals surface area contributed by atoms with Gasteiger partial charge >= 0.3 is 0 Å². The fourth-order valence-electron chi connectivity index (χ4n) is 2.05. The van der Waals surface area contributed by atoms with Gasteiger partial charge in [0.05, 0.1) is 11.9 Å². The number of amides is 1. The summed E-state index contributed by atoms with van der Waals surface area (Å²) in [4.78, 5) is 11.8. The molecule has 7 nitrogen and oxygen atoms in total. The van der Waals surface area contributed by atoms with E-state index in [4.69, 9.17) is 0 Å². The fraction of sp³-hybridized carbons (Fsp3) is 0.200. The second kappa shape index (κ2) is 6.21. The third-order valence-corrected chi connectivity index (χ3v) is 3.22. The zero-order chi connectivity index (χ0) is 15.4. The predicted molar refractivity (Wildman–Crippen MR) is 78.6 cm³/mol. The molecular weight excluding hydrogens is 282 g/mol. The van der Waals surface area contributed by atoms with Crippen LogP contribution in [0.5, 0.6) is 0 Å². The monoisotopic (exact) mass is 297 g/mol. The van der Waals surface area contributed by atoms with Gasteiger partial charge in [0, 0.05) is 12.7 Å². The average Bonchev–Trinajstić information content (AvgIpc) is 3.17. The zero-order valence-electron chi connectivity index (χ0n) is 12.1. The summed E-state index contributed by atoms with van der Waals surface area (Å²) in [7, 11) is 0. The molecule has 0 fully saturated rings. The van der Waals surface area contributed by atoms with Crippen LogP contribution in [0.1, 0.15) is 21.7 Å². The van der Waals surface area contributed by atoms with Crippen molar-refractivity contribution in [3.05, 3.63) is 59.7 Å². The van der Waals surface area contributed by atoms with Gasteiger partial charge in [0.15, 0.2) is 5.69 Å². The lowest BCUT2D eigenvalue weighted by molar-refractivity contribution is 0.0944. The number of nitrogens with zero attached hydrogens (tertiary/aromatic N) is 4. The molecule has 0 aliphatic carbocycles. The minimum absolute atomic E-state index is 0.222. The van der Waals surface area contributed by atoms with E-state index in [1.807, 2.05) is 41.2 Å². The van der Waals surface area contributed by atoms with Crippen molar-refractivity contribution in [3.8, 4) is 5.69 Å². The predicted octanol–water partition coefficient (Wildman–Crippen LogP) is 1.54. The van der Waals surface area contributed by atoms with Crippen LogP contribution < -0.4 is 5.32 Å². The Labute approximate surface area is 126 Å². The van der Waals surface area contributed by atoms with Gasteiger partial charge in [-0.2, -0.15) is 5.10 Å². The number of aryl methyl sites for hydroxylation is 1. The van der Waals surface area contributed by atoms with Crippen LogP contribution in [0.4, 0.5) is 0 Å². The highest BCUT2D eigenvalue weighted by Gasteiger charge is 2.14. The van der Waals surface area contributed by atoms with Crippen molar-refractivity contribution >= 4 is 5.91 Å². The normalized spacial score (nSPS) is 10.6. The van der Waals surface area contributed by atoms with Gasteiger partial charge in [0.1, 0.15) is 5.69 Å². The molecule has 0 bridgehead atoms. The lowest BCUT2D eigenvalue weighted by atomic mass is 10.2. The molecule has 0 spiro atoms. The molecule has 2 aromatic heterocycles. The van der Waals surface area contributed by atoms with Crippen LogP contribution in [-0.2, 0) is 6.42 Å². The van der Waals surface area contributed by atoms with Crippen molar-refractivity contribution in [1.82, 2.24) is 25.4 Å². The Morgan fingerprint density at radius 1 is 1.27 bits per heavy atom. The number of aromatic nitrogens is 4. The van der Waals surface area contributed by atoms with Gasteiger partial charge < -0.3 is 5.32 Å². The molecule has 0 aliphatic heterocycles. The second-order valence-electron chi connectivity index (χ2n) is 4.83. The third kappa shape index (κ3) is 3.03. The van der Waals surface area contributed by atoms with Crippen molar-refractivity contribution in [1.29, 1.82) is 0 Å². The summed E-state index contributed by atoms with van der Waals surface area (Å²) in [6.45, 7) is 2.17. The molecular formula is C15H15N5O2. The summed E-state index contributed by atoms with van der Waals surface area (Å²) in [6.07, 6.45) is 4.43. The maximum atomic E-state index is 11.8. The molecule has 112 valence electrons. The number of carbonyl (C=O) groups is 1. The van der Waals surface area contributed by atoms with Gasteiger partial charge in [0.25, 0.3) is 5.91 Å². The Morgan fingerprint density at radius 3 is 2.82 bits per heavy atom. The molecule has 0 unspecified atom stereocenters. The Bertz CT molecular complexity index is 763. The first-order chi connectivity index (χ1) is 10.7. The highest BCUT2D eigenvalue weighted by atomic mass is 16.6. The molecule has 0 radical (unpaired) electrons. The fourth-order valence-corrected chi connectivity index (χ4v) is 2.05. The average molecular weight is 297 g/mol. The van der Waals surface area contributed by atoms with E-state index in [0.717, 1.165) is 11.3 Å². The molecule has 2 heterocycles. The van der Waals surface area contributed by atoms with Crippen LogP contribution in [0.25, 0.3) is 5.69 Å². The number of hydrogen-bond acceptors (Lipinski definition) is 5. The third-order valence-electron chi connectivity index (χ3n) is 3.22. The van der Waals surface area contributed by atoms with Crippen LogP contribution in [0, 0.1) is 6.92 Å². The van der Waals surface area contributed by atoms with E-state index >= 15 is 0 Å². The first-order valence-electron chi connectivity index (χ1n) is 6.90. The maximum Gasteiger partial charge on any atom is 0.275 e. The molecule has 0 saturated heterocycles. The molecule has 3 aromatic rings. The minimum Gasteiger partial charge on any atom is -0.350 e. The highest BCUT2D eigenvalue weighted by molar-refractivity contribution is 5.92. The van der Waals surface area contributed by atoms with Crippen LogP contribution in [0.3, 0.4) is 0 Å². The van der Waals surface area contributed by atoms with Gasteiger partial charge in [-0.15, -0.1) is 0 Å². The Hall–Kier alpha value is -2.96. The van der Waals surface area contributed by atoms with Gasteiger partial charge in [-0.1, -0.05) is 23.4 Å². The van der Waals surface area contributed by atoms with Crippen molar-refractivity contribution in [3.63, 3.8) is 0 Å². The van der Waals surface area contributed by atoms with E-state index in [9.17, 15) is 4.79 Å². The van der Waals surface area contributed by atoms with E-state index in [1.54, 1.807) is 13.1 Å². The van der Waals surface area contributed by atoms with Crippen molar-refractivity contribution in [2.75, 3.05) is 6.54 Å². The highest BCUT2D eigenvalue weighted by Crippen LogP contribution is 2.08. The van der Waals surface area contributed by atoms with E-state index in [2.05, 4.69) is 25.4 Å². The van der Waals surface area contributed by atoms with E-state index in [0.29, 0.717) is 18.7 Å². The van der Waals surface area contributed by atoms with Crippen LogP contribution in [0.2, 0.25) is 0 Å². The summed E-state index contributed by atoms with van der Waals surface area (Å²) < 4.78 is 6.32. The molecule has 3 rings (SSSR count).